The molecule has 0 aliphatic heterocycles. The van der Waals surface area contributed by atoms with Crippen molar-refractivity contribution in [3.05, 3.63) is 16.6 Å². The molecule has 2 N–H and O–H groups in total. The van der Waals surface area contributed by atoms with Crippen molar-refractivity contribution in [2.45, 2.75) is 32.2 Å². The van der Waals surface area contributed by atoms with Crippen molar-refractivity contribution in [2.24, 2.45) is 5.73 Å². The van der Waals surface area contributed by atoms with E-state index >= 15 is 0 Å². The molecule has 0 saturated carbocycles. The molecule has 1 unspecified atom stereocenters. The normalized spacial score (nSPS) is 12.8. The lowest BCUT2D eigenvalue weighted by molar-refractivity contribution is -0.119. The van der Waals surface area contributed by atoms with Crippen LogP contribution in [0.5, 0.6) is 0 Å². The molecule has 0 spiro atoms. The van der Waals surface area contributed by atoms with Crippen molar-refractivity contribution in [3.63, 3.8) is 0 Å². The van der Waals surface area contributed by atoms with E-state index in [4.69, 9.17) is 5.73 Å². The molecule has 0 aromatic carbocycles. The van der Waals surface area contributed by atoms with Gasteiger partial charge in [0.15, 0.2) is 5.78 Å². The number of carbonyl (C=O) groups excluding carboxylic acids is 1. The summed E-state index contributed by atoms with van der Waals surface area (Å²) in [5.41, 5.74) is 5.67. The second-order valence-corrected chi connectivity index (χ2v) is 3.94. The van der Waals surface area contributed by atoms with Gasteiger partial charge >= 0.3 is 0 Å². The van der Waals surface area contributed by atoms with Gasteiger partial charge in [-0.2, -0.15) is 0 Å². The molecule has 13 heavy (non-hydrogen) atoms. The standard InChI is InChI=1S/C9H14N2OS/c1-2-3-7(10)8(12)6-9-11-4-5-13-9/h4-5,7H,2-3,6,10H2,1H3. The molecule has 0 bridgehead atoms. The summed E-state index contributed by atoms with van der Waals surface area (Å²) in [6, 6.07) is -0.311. The highest BCUT2D eigenvalue weighted by Gasteiger charge is 2.13. The van der Waals surface area contributed by atoms with E-state index in [0.29, 0.717) is 6.42 Å². The van der Waals surface area contributed by atoms with Crippen LogP contribution in [0.25, 0.3) is 0 Å². The predicted octanol–water partition coefficient (Wildman–Crippen LogP) is 1.38. The molecule has 4 heteroatoms. The highest BCUT2D eigenvalue weighted by molar-refractivity contribution is 7.09. The number of thiazole rings is 1. The molecule has 3 nitrogen and oxygen atoms in total. The summed E-state index contributed by atoms with van der Waals surface area (Å²) in [7, 11) is 0. The number of rotatable bonds is 5. The molecule has 0 aliphatic rings. The Morgan fingerprint density at radius 3 is 3.08 bits per heavy atom. The summed E-state index contributed by atoms with van der Waals surface area (Å²) in [5.74, 6) is 0.0943. The van der Waals surface area contributed by atoms with Crippen molar-refractivity contribution < 1.29 is 4.79 Å². The first-order chi connectivity index (χ1) is 6.24. The molecule has 1 heterocycles. The Morgan fingerprint density at radius 2 is 2.54 bits per heavy atom. The Balaban J connectivity index is 2.41. The maximum Gasteiger partial charge on any atom is 0.156 e. The monoisotopic (exact) mass is 198 g/mol. The van der Waals surface area contributed by atoms with Gasteiger partial charge in [-0.15, -0.1) is 11.3 Å². The zero-order chi connectivity index (χ0) is 9.68. The molecule has 0 aliphatic carbocycles. The average Bonchev–Trinajstić information content (AvgIpc) is 2.57. The summed E-state index contributed by atoms with van der Waals surface area (Å²) in [4.78, 5) is 15.5. The highest BCUT2D eigenvalue weighted by atomic mass is 32.1. The summed E-state index contributed by atoms with van der Waals surface area (Å²) >= 11 is 1.50. The van der Waals surface area contributed by atoms with Crippen molar-refractivity contribution in [2.75, 3.05) is 0 Å². The lowest BCUT2D eigenvalue weighted by Gasteiger charge is -2.06. The summed E-state index contributed by atoms with van der Waals surface area (Å²) in [5, 5.41) is 2.73. The van der Waals surface area contributed by atoms with Gasteiger partial charge in [0.2, 0.25) is 0 Å². The van der Waals surface area contributed by atoms with Crippen LogP contribution in [0.2, 0.25) is 0 Å². The van der Waals surface area contributed by atoms with E-state index in [1.807, 2.05) is 12.3 Å². The second-order valence-electron chi connectivity index (χ2n) is 2.96. The number of hydrogen-bond acceptors (Lipinski definition) is 4. The summed E-state index contributed by atoms with van der Waals surface area (Å²) in [6.45, 7) is 2.02. The Kier molecular flexibility index (Phi) is 4.05. The molecule has 1 atom stereocenters. The Bertz CT molecular complexity index is 259. The van der Waals surface area contributed by atoms with Crippen LogP contribution in [0.4, 0.5) is 0 Å². The minimum Gasteiger partial charge on any atom is -0.321 e. The molecule has 72 valence electrons. The van der Waals surface area contributed by atoms with Gasteiger partial charge in [-0.25, -0.2) is 4.98 Å². The smallest absolute Gasteiger partial charge is 0.156 e. The van der Waals surface area contributed by atoms with Gasteiger partial charge in [0.05, 0.1) is 17.5 Å². The third kappa shape index (κ3) is 3.24. The molecule has 0 fully saturated rings. The first kappa shape index (κ1) is 10.3. The Hall–Kier alpha value is -0.740. The van der Waals surface area contributed by atoms with Crippen molar-refractivity contribution >= 4 is 17.1 Å². The van der Waals surface area contributed by atoms with Crippen LogP contribution in [0.3, 0.4) is 0 Å². The number of nitrogens with zero attached hydrogens (tertiary/aromatic N) is 1. The van der Waals surface area contributed by atoms with Crippen LogP contribution >= 0.6 is 11.3 Å². The van der Waals surface area contributed by atoms with Crippen LogP contribution in [-0.4, -0.2) is 16.8 Å². The number of hydrogen-bond donors (Lipinski definition) is 1. The van der Waals surface area contributed by atoms with E-state index < -0.39 is 0 Å². The Labute approximate surface area is 82.0 Å². The summed E-state index contributed by atoms with van der Waals surface area (Å²) in [6.07, 6.45) is 3.81. The molecule has 0 radical (unpaired) electrons. The van der Waals surface area contributed by atoms with E-state index in [2.05, 4.69) is 4.98 Å². The fraction of sp³-hybridized carbons (Fsp3) is 0.556. The SMILES string of the molecule is CCCC(N)C(=O)Cc1nccs1. The number of aromatic nitrogens is 1. The van der Waals surface area contributed by atoms with Crippen molar-refractivity contribution in [1.29, 1.82) is 0 Å². The molecule has 0 amide bonds. The van der Waals surface area contributed by atoms with Gasteiger partial charge in [-0.3, -0.25) is 4.79 Å². The summed E-state index contributed by atoms with van der Waals surface area (Å²) < 4.78 is 0. The van der Waals surface area contributed by atoms with Gasteiger partial charge < -0.3 is 5.73 Å². The zero-order valence-corrected chi connectivity index (χ0v) is 8.51. The second kappa shape index (κ2) is 5.09. The molecule has 1 rings (SSSR count). The number of Topliss-reactive ketones (excluding diaryl/α,β-unsaturated/α-hetero) is 1. The van der Waals surface area contributed by atoms with E-state index in [9.17, 15) is 4.79 Å². The number of nitrogens with two attached hydrogens (primary N) is 1. The quantitative estimate of drug-likeness (QED) is 0.777. The number of carbonyl (C=O) groups is 1. The lowest BCUT2D eigenvalue weighted by atomic mass is 10.1. The van der Waals surface area contributed by atoms with Gasteiger partial charge in [-0.05, 0) is 6.42 Å². The van der Waals surface area contributed by atoms with Gasteiger partial charge in [-0.1, -0.05) is 13.3 Å². The fourth-order valence-corrected chi connectivity index (χ4v) is 1.72. The average molecular weight is 198 g/mol. The largest absolute Gasteiger partial charge is 0.321 e. The van der Waals surface area contributed by atoms with Crippen LogP contribution in [0.1, 0.15) is 24.8 Å². The maximum absolute atomic E-state index is 11.4. The van der Waals surface area contributed by atoms with Gasteiger partial charge in [0, 0.05) is 11.6 Å². The maximum atomic E-state index is 11.4. The first-order valence-corrected chi connectivity index (χ1v) is 5.28. The van der Waals surface area contributed by atoms with Crippen LogP contribution in [-0.2, 0) is 11.2 Å². The molecule has 1 aromatic rings. The van der Waals surface area contributed by atoms with Crippen LogP contribution in [0, 0.1) is 0 Å². The minimum atomic E-state index is -0.311. The fourth-order valence-electron chi connectivity index (χ4n) is 1.09. The zero-order valence-electron chi connectivity index (χ0n) is 7.69. The van der Waals surface area contributed by atoms with E-state index in [1.165, 1.54) is 11.3 Å². The van der Waals surface area contributed by atoms with Crippen molar-refractivity contribution in [1.82, 2.24) is 4.98 Å². The molecular formula is C9H14N2OS. The van der Waals surface area contributed by atoms with Gasteiger partial charge in [0.25, 0.3) is 0 Å². The number of ketones is 1. The Morgan fingerprint density at radius 1 is 1.77 bits per heavy atom. The molecule has 1 aromatic heterocycles. The predicted molar refractivity (Wildman–Crippen MR) is 53.7 cm³/mol. The third-order valence-corrected chi connectivity index (χ3v) is 2.60. The van der Waals surface area contributed by atoms with Gasteiger partial charge in [0.1, 0.15) is 0 Å². The lowest BCUT2D eigenvalue weighted by Crippen LogP contribution is -2.31. The van der Waals surface area contributed by atoms with Crippen LogP contribution < -0.4 is 5.73 Å². The third-order valence-electron chi connectivity index (χ3n) is 1.82. The van der Waals surface area contributed by atoms with E-state index in [-0.39, 0.29) is 11.8 Å². The van der Waals surface area contributed by atoms with E-state index in [1.54, 1.807) is 6.20 Å². The first-order valence-electron chi connectivity index (χ1n) is 4.40. The van der Waals surface area contributed by atoms with Crippen LogP contribution in [0.15, 0.2) is 11.6 Å². The highest BCUT2D eigenvalue weighted by Crippen LogP contribution is 2.07. The van der Waals surface area contributed by atoms with Crippen molar-refractivity contribution in [3.8, 4) is 0 Å². The minimum absolute atomic E-state index is 0.0943. The molecular weight excluding hydrogens is 184 g/mol. The topological polar surface area (TPSA) is 56.0 Å². The van der Waals surface area contributed by atoms with E-state index in [0.717, 1.165) is 17.8 Å². The molecule has 0 saturated heterocycles.